The Hall–Kier alpha value is -1.42. The summed E-state index contributed by atoms with van der Waals surface area (Å²) >= 11 is 0. The van der Waals surface area contributed by atoms with E-state index in [1.165, 1.54) is 12.1 Å². The molecule has 0 aliphatic carbocycles. The second-order valence-corrected chi connectivity index (χ2v) is 3.45. The van der Waals surface area contributed by atoms with Gasteiger partial charge in [0.1, 0.15) is 5.82 Å². The van der Waals surface area contributed by atoms with Crippen LogP contribution in [0.4, 0.5) is 4.39 Å². The van der Waals surface area contributed by atoms with Crippen LogP contribution in [0.1, 0.15) is 12.6 Å². The molecule has 3 nitrogen and oxygen atoms in total. The van der Waals surface area contributed by atoms with Crippen molar-refractivity contribution in [2.75, 3.05) is 0 Å². The first-order valence-electron chi connectivity index (χ1n) is 4.46. The average Bonchev–Trinajstić information content (AvgIpc) is 2.47. The van der Waals surface area contributed by atoms with Crippen LogP contribution in [0.25, 0.3) is 11.0 Å². The summed E-state index contributed by atoms with van der Waals surface area (Å²) in [5.41, 5.74) is 6.91. The van der Waals surface area contributed by atoms with E-state index in [1.807, 2.05) is 6.92 Å². The number of hydrogen-bond donors (Lipinski definition) is 1. The Morgan fingerprint density at radius 2 is 2.36 bits per heavy atom. The van der Waals surface area contributed by atoms with Crippen LogP contribution >= 0.6 is 0 Å². The predicted octanol–water partition coefficient (Wildman–Crippen LogP) is 1.86. The van der Waals surface area contributed by atoms with E-state index in [0.717, 1.165) is 11.1 Å². The van der Waals surface area contributed by atoms with Gasteiger partial charge in [-0.05, 0) is 19.1 Å². The number of hydrogen-bond acceptors (Lipinski definition) is 3. The van der Waals surface area contributed by atoms with Crippen molar-refractivity contribution >= 4 is 11.0 Å². The maximum atomic E-state index is 12.8. The van der Waals surface area contributed by atoms with Crippen molar-refractivity contribution in [3.63, 3.8) is 0 Å². The third-order valence-electron chi connectivity index (χ3n) is 2.02. The lowest BCUT2D eigenvalue weighted by Crippen LogP contribution is -2.17. The third-order valence-corrected chi connectivity index (χ3v) is 2.02. The number of rotatable bonds is 2. The zero-order chi connectivity index (χ0) is 10.1. The molecule has 1 aromatic carbocycles. The zero-order valence-corrected chi connectivity index (χ0v) is 7.83. The molecule has 2 aromatic rings. The van der Waals surface area contributed by atoms with Crippen molar-refractivity contribution in [2.24, 2.45) is 5.73 Å². The summed E-state index contributed by atoms with van der Waals surface area (Å²) < 4.78 is 17.8. The van der Waals surface area contributed by atoms with Gasteiger partial charge in [-0.3, -0.25) is 0 Å². The topological polar surface area (TPSA) is 52.0 Å². The van der Waals surface area contributed by atoms with Crippen molar-refractivity contribution in [3.8, 4) is 0 Å². The molecular formula is C10H11FN2O. The molecule has 1 atom stereocenters. The molecular weight excluding hydrogens is 183 g/mol. The van der Waals surface area contributed by atoms with Gasteiger partial charge in [-0.15, -0.1) is 0 Å². The van der Waals surface area contributed by atoms with Gasteiger partial charge in [0.15, 0.2) is 5.58 Å². The van der Waals surface area contributed by atoms with E-state index < -0.39 is 0 Å². The highest BCUT2D eigenvalue weighted by molar-refractivity contribution is 5.79. The molecule has 74 valence electrons. The largest absolute Gasteiger partial charge is 0.356 e. The van der Waals surface area contributed by atoms with Crippen LogP contribution in [0.5, 0.6) is 0 Å². The Morgan fingerprint density at radius 1 is 1.57 bits per heavy atom. The van der Waals surface area contributed by atoms with E-state index in [-0.39, 0.29) is 11.9 Å². The fourth-order valence-electron chi connectivity index (χ4n) is 1.42. The lowest BCUT2D eigenvalue weighted by Gasteiger charge is -1.99. The summed E-state index contributed by atoms with van der Waals surface area (Å²) in [6, 6.07) is 4.41. The van der Waals surface area contributed by atoms with Crippen LogP contribution in [-0.2, 0) is 6.42 Å². The fourth-order valence-corrected chi connectivity index (χ4v) is 1.42. The van der Waals surface area contributed by atoms with E-state index >= 15 is 0 Å². The Bertz CT molecular complexity index is 450. The highest BCUT2D eigenvalue weighted by Crippen LogP contribution is 2.20. The first-order valence-corrected chi connectivity index (χ1v) is 4.46. The maximum Gasteiger partial charge on any atom is 0.170 e. The summed E-state index contributed by atoms with van der Waals surface area (Å²) in [5, 5.41) is 4.69. The number of aromatic nitrogens is 1. The van der Waals surface area contributed by atoms with Crippen LogP contribution in [0.3, 0.4) is 0 Å². The van der Waals surface area contributed by atoms with E-state index in [1.54, 1.807) is 6.07 Å². The van der Waals surface area contributed by atoms with E-state index in [0.29, 0.717) is 12.0 Å². The van der Waals surface area contributed by atoms with Crippen molar-refractivity contribution in [3.05, 3.63) is 29.7 Å². The standard InChI is InChI=1S/C10H11FN2O/c1-6(12)4-9-8-3-2-7(11)5-10(8)14-13-9/h2-3,5-6H,4,12H2,1H3. The van der Waals surface area contributed by atoms with Gasteiger partial charge in [0.25, 0.3) is 0 Å². The Kier molecular flexibility index (Phi) is 2.21. The van der Waals surface area contributed by atoms with Gasteiger partial charge in [-0.25, -0.2) is 4.39 Å². The summed E-state index contributed by atoms with van der Waals surface area (Å²) in [6.45, 7) is 1.89. The average molecular weight is 194 g/mol. The lowest BCUT2D eigenvalue weighted by molar-refractivity contribution is 0.441. The minimum Gasteiger partial charge on any atom is -0.356 e. The molecule has 0 fully saturated rings. The lowest BCUT2D eigenvalue weighted by atomic mass is 10.1. The Balaban J connectivity index is 2.47. The molecule has 0 aliphatic heterocycles. The molecule has 2 N–H and O–H groups in total. The molecule has 2 rings (SSSR count). The molecule has 0 spiro atoms. The first kappa shape index (κ1) is 9.15. The molecule has 0 amide bonds. The quantitative estimate of drug-likeness (QED) is 0.793. The summed E-state index contributed by atoms with van der Waals surface area (Å²) in [7, 11) is 0. The minimum atomic E-state index is -0.319. The summed E-state index contributed by atoms with van der Waals surface area (Å²) in [5.74, 6) is -0.319. The first-order chi connectivity index (χ1) is 6.66. The van der Waals surface area contributed by atoms with E-state index in [4.69, 9.17) is 10.3 Å². The summed E-state index contributed by atoms with van der Waals surface area (Å²) in [6.07, 6.45) is 0.638. The highest BCUT2D eigenvalue weighted by atomic mass is 19.1. The normalized spacial score (nSPS) is 13.4. The summed E-state index contributed by atoms with van der Waals surface area (Å²) in [4.78, 5) is 0. The van der Waals surface area contributed by atoms with Crippen LogP contribution in [0.2, 0.25) is 0 Å². The van der Waals surface area contributed by atoms with Crippen molar-refractivity contribution < 1.29 is 8.91 Å². The van der Waals surface area contributed by atoms with Gasteiger partial charge < -0.3 is 10.3 Å². The fraction of sp³-hybridized carbons (Fsp3) is 0.300. The third kappa shape index (κ3) is 1.61. The monoisotopic (exact) mass is 194 g/mol. The van der Waals surface area contributed by atoms with Crippen LogP contribution in [-0.4, -0.2) is 11.2 Å². The number of nitrogens with zero attached hydrogens (tertiary/aromatic N) is 1. The van der Waals surface area contributed by atoms with Crippen molar-refractivity contribution in [1.82, 2.24) is 5.16 Å². The predicted molar refractivity (Wildman–Crippen MR) is 51.3 cm³/mol. The van der Waals surface area contributed by atoms with Crippen LogP contribution in [0.15, 0.2) is 22.7 Å². The van der Waals surface area contributed by atoms with E-state index in [2.05, 4.69) is 5.16 Å². The molecule has 0 bridgehead atoms. The SMILES string of the molecule is CC(N)Cc1noc2cc(F)ccc12. The molecule has 4 heteroatoms. The van der Waals surface area contributed by atoms with Crippen LogP contribution < -0.4 is 5.73 Å². The van der Waals surface area contributed by atoms with Gasteiger partial charge in [0, 0.05) is 23.9 Å². The minimum absolute atomic E-state index is 0.0216. The van der Waals surface area contributed by atoms with Crippen molar-refractivity contribution in [2.45, 2.75) is 19.4 Å². The number of fused-ring (bicyclic) bond motifs is 1. The zero-order valence-electron chi connectivity index (χ0n) is 7.83. The smallest absolute Gasteiger partial charge is 0.170 e. The number of halogens is 1. The van der Waals surface area contributed by atoms with E-state index in [9.17, 15) is 4.39 Å². The van der Waals surface area contributed by atoms with Gasteiger partial charge in [0.2, 0.25) is 0 Å². The second-order valence-electron chi connectivity index (χ2n) is 3.45. The molecule has 0 saturated heterocycles. The molecule has 1 unspecified atom stereocenters. The number of benzene rings is 1. The molecule has 0 radical (unpaired) electrons. The maximum absolute atomic E-state index is 12.8. The highest BCUT2D eigenvalue weighted by Gasteiger charge is 2.09. The second kappa shape index (κ2) is 3.38. The molecule has 1 aromatic heterocycles. The van der Waals surface area contributed by atoms with Gasteiger partial charge in [0.05, 0.1) is 5.69 Å². The molecule has 14 heavy (non-hydrogen) atoms. The van der Waals surface area contributed by atoms with Gasteiger partial charge in [-0.2, -0.15) is 0 Å². The van der Waals surface area contributed by atoms with Gasteiger partial charge in [-0.1, -0.05) is 5.16 Å². The van der Waals surface area contributed by atoms with Crippen molar-refractivity contribution in [1.29, 1.82) is 0 Å². The molecule has 0 saturated carbocycles. The van der Waals surface area contributed by atoms with Gasteiger partial charge >= 0.3 is 0 Å². The Labute approximate surface area is 80.7 Å². The van der Waals surface area contributed by atoms with Crippen LogP contribution in [0, 0.1) is 5.82 Å². The molecule has 0 aliphatic rings. The Morgan fingerprint density at radius 3 is 3.07 bits per heavy atom. The molecule has 1 heterocycles. The number of nitrogens with two attached hydrogens (primary N) is 1.